The van der Waals surface area contributed by atoms with Gasteiger partial charge in [0.25, 0.3) is 0 Å². The first kappa shape index (κ1) is 18.2. The molecule has 0 aliphatic rings. The van der Waals surface area contributed by atoms with Crippen LogP contribution in [0.5, 0.6) is 0 Å². The zero-order valence-corrected chi connectivity index (χ0v) is 15.2. The molecule has 2 aromatic heterocycles. The molecule has 9 heteroatoms. The smallest absolute Gasteiger partial charge is 0.233 e. The summed E-state index contributed by atoms with van der Waals surface area (Å²) in [6, 6.07) is 17.2. The Morgan fingerprint density at radius 2 is 1.24 bits per heavy atom. The van der Waals surface area contributed by atoms with Gasteiger partial charge in [0.2, 0.25) is 17.8 Å². The molecule has 0 amide bonds. The molecule has 29 heavy (non-hydrogen) atoms. The van der Waals surface area contributed by atoms with Crippen LogP contribution in [0.1, 0.15) is 5.82 Å². The molecule has 0 atom stereocenters. The summed E-state index contributed by atoms with van der Waals surface area (Å²) in [5.41, 5.74) is 1.49. The Labute approximate surface area is 166 Å². The standard InChI is InChI=1S/C20H17FN8/c21-14-7-9-16(10-8-14)26-20-28-18(24-13-17-22-11-4-12-23-17)27-19(29-20)25-15-5-2-1-3-6-15/h1-12H,13H2,(H3,24,25,26,27,28,29). The van der Waals surface area contributed by atoms with Gasteiger partial charge in [0.1, 0.15) is 11.6 Å². The fourth-order valence-corrected chi connectivity index (χ4v) is 2.46. The number of hydrogen-bond acceptors (Lipinski definition) is 8. The highest BCUT2D eigenvalue weighted by atomic mass is 19.1. The van der Waals surface area contributed by atoms with Gasteiger partial charge in [-0.05, 0) is 42.5 Å². The van der Waals surface area contributed by atoms with E-state index in [9.17, 15) is 4.39 Å². The lowest BCUT2D eigenvalue weighted by Gasteiger charge is -2.11. The van der Waals surface area contributed by atoms with E-state index in [0.717, 1.165) is 5.69 Å². The summed E-state index contributed by atoms with van der Waals surface area (Å²) < 4.78 is 13.2. The lowest BCUT2D eigenvalue weighted by Crippen LogP contribution is -2.10. The van der Waals surface area contributed by atoms with Crippen LogP contribution in [0.15, 0.2) is 73.1 Å². The van der Waals surface area contributed by atoms with Gasteiger partial charge in [-0.15, -0.1) is 0 Å². The number of rotatable bonds is 7. The number of halogens is 1. The summed E-state index contributed by atoms with van der Waals surface area (Å²) in [6.07, 6.45) is 3.34. The molecule has 8 nitrogen and oxygen atoms in total. The third-order valence-electron chi connectivity index (χ3n) is 3.79. The maximum atomic E-state index is 13.2. The van der Waals surface area contributed by atoms with E-state index in [0.29, 0.717) is 35.9 Å². The number of nitrogens with one attached hydrogen (secondary N) is 3. The number of para-hydroxylation sites is 1. The predicted octanol–water partition coefficient (Wildman–Crippen LogP) is 3.90. The molecular weight excluding hydrogens is 371 g/mol. The third kappa shape index (κ3) is 5.19. The van der Waals surface area contributed by atoms with Gasteiger partial charge >= 0.3 is 0 Å². The number of anilines is 5. The lowest BCUT2D eigenvalue weighted by atomic mass is 10.3. The van der Waals surface area contributed by atoms with Crippen molar-refractivity contribution in [2.24, 2.45) is 0 Å². The summed E-state index contributed by atoms with van der Waals surface area (Å²) in [4.78, 5) is 21.5. The molecule has 144 valence electrons. The van der Waals surface area contributed by atoms with Crippen LogP contribution in [0.4, 0.5) is 33.6 Å². The minimum atomic E-state index is -0.317. The van der Waals surface area contributed by atoms with Gasteiger partial charge in [-0.25, -0.2) is 14.4 Å². The zero-order chi connectivity index (χ0) is 19.9. The van der Waals surface area contributed by atoms with E-state index < -0.39 is 0 Å². The Kier molecular flexibility index (Phi) is 5.47. The first-order valence-electron chi connectivity index (χ1n) is 8.85. The summed E-state index contributed by atoms with van der Waals surface area (Å²) >= 11 is 0. The molecule has 0 fully saturated rings. The number of aromatic nitrogens is 5. The summed E-state index contributed by atoms with van der Waals surface area (Å²) in [6.45, 7) is 0.353. The summed E-state index contributed by atoms with van der Waals surface area (Å²) in [7, 11) is 0. The van der Waals surface area contributed by atoms with Crippen LogP contribution in [0.2, 0.25) is 0 Å². The maximum absolute atomic E-state index is 13.2. The zero-order valence-electron chi connectivity index (χ0n) is 15.2. The van der Waals surface area contributed by atoms with Crippen LogP contribution < -0.4 is 16.0 Å². The molecule has 0 aliphatic carbocycles. The van der Waals surface area contributed by atoms with Crippen LogP contribution in [0.3, 0.4) is 0 Å². The van der Waals surface area contributed by atoms with Crippen molar-refractivity contribution in [2.75, 3.05) is 16.0 Å². The van der Waals surface area contributed by atoms with Gasteiger partial charge < -0.3 is 16.0 Å². The van der Waals surface area contributed by atoms with Gasteiger partial charge in [0, 0.05) is 23.8 Å². The molecule has 0 spiro atoms. The Morgan fingerprint density at radius 1 is 0.655 bits per heavy atom. The Hall–Kier alpha value is -4.14. The van der Waals surface area contributed by atoms with E-state index in [1.807, 2.05) is 30.3 Å². The van der Waals surface area contributed by atoms with Crippen molar-refractivity contribution in [3.05, 3.63) is 84.7 Å². The van der Waals surface area contributed by atoms with Crippen molar-refractivity contribution in [3.63, 3.8) is 0 Å². The average Bonchev–Trinajstić information content (AvgIpc) is 2.75. The van der Waals surface area contributed by atoms with E-state index >= 15 is 0 Å². The van der Waals surface area contributed by atoms with Gasteiger partial charge in [-0.1, -0.05) is 18.2 Å². The van der Waals surface area contributed by atoms with Crippen molar-refractivity contribution in [3.8, 4) is 0 Å². The Balaban J connectivity index is 1.58. The first-order valence-corrected chi connectivity index (χ1v) is 8.85. The van der Waals surface area contributed by atoms with Gasteiger partial charge in [-0.2, -0.15) is 15.0 Å². The number of benzene rings is 2. The van der Waals surface area contributed by atoms with E-state index in [2.05, 4.69) is 40.9 Å². The van der Waals surface area contributed by atoms with Crippen LogP contribution in [0.25, 0.3) is 0 Å². The van der Waals surface area contributed by atoms with Crippen LogP contribution in [-0.4, -0.2) is 24.9 Å². The fraction of sp³-hybridized carbons (Fsp3) is 0.0500. The first-order chi connectivity index (χ1) is 14.2. The Bertz CT molecular complexity index is 1060. The molecule has 0 unspecified atom stereocenters. The topological polar surface area (TPSA) is 101 Å². The van der Waals surface area contributed by atoms with Crippen LogP contribution in [-0.2, 0) is 6.54 Å². The fourth-order valence-electron chi connectivity index (χ4n) is 2.46. The van der Waals surface area contributed by atoms with Gasteiger partial charge in [-0.3, -0.25) is 0 Å². The SMILES string of the molecule is Fc1ccc(Nc2nc(NCc3ncccn3)nc(Nc3ccccc3)n2)cc1. The molecule has 2 heterocycles. The highest BCUT2D eigenvalue weighted by Gasteiger charge is 2.08. The molecule has 0 radical (unpaired) electrons. The van der Waals surface area contributed by atoms with Crippen molar-refractivity contribution in [1.29, 1.82) is 0 Å². The molecule has 0 saturated carbocycles. The van der Waals surface area contributed by atoms with Gasteiger partial charge in [0.05, 0.1) is 6.54 Å². The molecule has 2 aromatic carbocycles. The highest BCUT2D eigenvalue weighted by molar-refractivity contribution is 5.59. The van der Waals surface area contributed by atoms with E-state index in [1.54, 1.807) is 30.6 Å². The van der Waals surface area contributed by atoms with Crippen molar-refractivity contribution in [2.45, 2.75) is 6.54 Å². The normalized spacial score (nSPS) is 10.4. The van der Waals surface area contributed by atoms with E-state index in [1.165, 1.54) is 12.1 Å². The van der Waals surface area contributed by atoms with Crippen LogP contribution >= 0.6 is 0 Å². The largest absolute Gasteiger partial charge is 0.347 e. The molecule has 4 aromatic rings. The average molecular weight is 388 g/mol. The summed E-state index contributed by atoms with van der Waals surface area (Å²) in [5, 5.41) is 9.30. The quantitative estimate of drug-likeness (QED) is 0.438. The van der Waals surface area contributed by atoms with E-state index in [-0.39, 0.29) is 5.82 Å². The number of hydrogen-bond donors (Lipinski definition) is 3. The minimum Gasteiger partial charge on any atom is -0.347 e. The monoisotopic (exact) mass is 388 g/mol. The third-order valence-corrected chi connectivity index (χ3v) is 3.79. The highest BCUT2D eigenvalue weighted by Crippen LogP contribution is 2.19. The van der Waals surface area contributed by atoms with Crippen molar-refractivity contribution in [1.82, 2.24) is 24.9 Å². The molecule has 3 N–H and O–H groups in total. The predicted molar refractivity (Wildman–Crippen MR) is 109 cm³/mol. The molecule has 4 rings (SSSR count). The van der Waals surface area contributed by atoms with Crippen LogP contribution in [0, 0.1) is 5.82 Å². The second-order valence-corrected chi connectivity index (χ2v) is 5.95. The molecule has 0 bridgehead atoms. The van der Waals surface area contributed by atoms with Crippen molar-refractivity contribution >= 4 is 29.2 Å². The second kappa shape index (κ2) is 8.70. The lowest BCUT2D eigenvalue weighted by molar-refractivity contribution is 0.628. The molecule has 0 aliphatic heterocycles. The number of nitrogens with zero attached hydrogens (tertiary/aromatic N) is 5. The van der Waals surface area contributed by atoms with Crippen molar-refractivity contribution < 1.29 is 4.39 Å². The second-order valence-electron chi connectivity index (χ2n) is 5.95. The minimum absolute atomic E-state index is 0.307. The molecule has 0 saturated heterocycles. The maximum Gasteiger partial charge on any atom is 0.233 e. The van der Waals surface area contributed by atoms with Gasteiger partial charge in [0.15, 0.2) is 0 Å². The summed E-state index contributed by atoms with van der Waals surface area (Å²) in [5.74, 6) is 1.30. The molecular formula is C20H17FN8. The Morgan fingerprint density at radius 3 is 1.90 bits per heavy atom. The van der Waals surface area contributed by atoms with E-state index in [4.69, 9.17) is 0 Å².